The zero-order chi connectivity index (χ0) is 25.7. The van der Waals surface area contributed by atoms with E-state index in [0.29, 0.717) is 32.1 Å². The molecule has 6 nitrogen and oxygen atoms in total. The summed E-state index contributed by atoms with van der Waals surface area (Å²) in [4.78, 5) is 27.5. The summed E-state index contributed by atoms with van der Waals surface area (Å²) in [7, 11) is 0. The first-order valence-electron chi connectivity index (χ1n) is 12.2. The molecule has 3 heterocycles. The Balaban J connectivity index is 1.59. The number of fused-ring (bicyclic) bond motifs is 2. The molecule has 0 saturated carbocycles. The van der Waals surface area contributed by atoms with Crippen molar-refractivity contribution in [3.8, 4) is 5.75 Å². The fourth-order valence-electron chi connectivity index (χ4n) is 6.03. The number of halogens is 3. The Labute approximate surface area is 229 Å². The van der Waals surface area contributed by atoms with Crippen molar-refractivity contribution in [1.29, 1.82) is 0 Å². The van der Waals surface area contributed by atoms with Crippen LogP contribution in [0.1, 0.15) is 41.5 Å². The highest BCUT2D eigenvalue weighted by Gasteiger charge is 2.61. The van der Waals surface area contributed by atoms with Crippen LogP contribution in [-0.4, -0.2) is 31.0 Å². The molecule has 0 bridgehead atoms. The van der Waals surface area contributed by atoms with E-state index in [1.807, 2.05) is 30.3 Å². The lowest BCUT2D eigenvalue weighted by atomic mass is 9.59. The van der Waals surface area contributed by atoms with Crippen LogP contribution >= 0.6 is 34.8 Å². The van der Waals surface area contributed by atoms with Crippen molar-refractivity contribution in [2.75, 3.05) is 18.4 Å². The second-order valence-corrected chi connectivity index (χ2v) is 11.0. The molecule has 3 aromatic rings. The van der Waals surface area contributed by atoms with Crippen molar-refractivity contribution >= 4 is 52.3 Å². The first-order chi connectivity index (χ1) is 17.9. The Morgan fingerprint density at radius 1 is 0.919 bits per heavy atom. The van der Waals surface area contributed by atoms with Gasteiger partial charge in [0.2, 0.25) is 11.8 Å². The van der Waals surface area contributed by atoms with Crippen molar-refractivity contribution in [1.82, 2.24) is 10.6 Å². The molecule has 3 aliphatic rings. The molecule has 6 rings (SSSR count). The predicted octanol–water partition coefficient (Wildman–Crippen LogP) is 5.62. The van der Waals surface area contributed by atoms with Gasteiger partial charge < -0.3 is 20.7 Å². The molecule has 0 aromatic heterocycles. The number of carbonyl (C=O) groups excluding carboxylic acids is 2. The summed E-state index contributed by atoms with van der Waals surface area (Å²) in [5, 5.41) is 11.0. The van der Waals surface area contributed by atoms with Gasteiger partial charge in [-0.2, -0.15) is 0 Å². The lowest BCUT2D eigenvalue weighted by molar-refractivity contribution is -0.131. The monoisotopic (exact) mass is 555 g/mol. The van der Waals surface area contributed by atoms with Crippen LogP contribution in [0.4, 0.5) is 5.69 Å². The molecule has 0 radical (unpaired) electrons. The number of carbonyl (C=O) groups is 2. The number of hydrogen-bond donors (Lipinski definition) is 3. The number of amides is 2. The van der Waals surface area contributed by atoms with E-state index in [1.165, 1.54) is 0 Å². The maximum absolute atomic E-state index is 14.2. The third-order valence-corrected chi connectivity index (χ3v) is 8.30. The first kappa shape index (κ1) is 24.6. The van der Waals surface area contributed by atoms with Crippen molar-refractivity contribution < 1.29 is 14.3 Å². The Morgan fingerprint density at radius 2 is 1.70 bits per heavy atom. The van der Waals surface area contributed by atoms with Crippen LogP contribution in [0.2, 0.25) is 15.1 Å². The number of hydrogen-bond acceptors (Lipinski definition) is 4. The highest BCUT2D eigenvalue weighted by atomic mass is 35.5. The lowest BCUT2D eigenvalue weighted by Gasteiger charge is -2.46. The SMILES string of the molecule is O=C1C[C@@H](c2cccc(Cl)c2)[C@]2(C(=O)Nc3cc(Cl)ccc32)[C@@H](c2cc(Cl)ccc2OC2CCNC2)N1. The van der Waals surface area contributed by atoms with Crippen LogP contribution in [0.15, 0.2) is 60.7 Å². The fourth-order valence-corrected chi connectivity index (χ4v) is 6.58. The zero-order valence-corrected chi connectivity index (χ0v) is 22.0. The zero-order valence-electron chi connectivity index (χ0n) is 19.7. The molecule has 0 aliphatic carbocycles. The third-order valence-electron chi connectivity index (χ3n) is 7.59. The van der Waals surface area contributed by atoms with E-state index in [-0.39, 0.29) is 24.3 Å². The molecule has 2 amide bonds. The largest absolute Gasteiger partial charge is 0.489 e. The number of piperidine rings is 1. The van der Waals surface area contributed by atoms with Crippen molar-refractivity contribution in [3.05, 3.63) is 92.4 Å². The number of anilines is 1. The molecule has 190 valence electrons. The van der Waals surface area contributed by atoms with Gasteiger partial charge in [0.15, 0.2) is 0 Å². The first-order valence-corrected chi connectivity index (χ1v) is 13.3. The summed E-state index contributed by atoms with van der Waals surface area (Å²) in [5.74, 6) is -0.324. The molecule has 1 spiro atoms. The third kappa shape index (κ3) is 4.16. The van der Waals surface area contributed by atoms with Gasteiger partial charge in [-0.15, -0.1) is 0 Å². The van der Waals surface area contributed by atoms with Crippen LogP contribution in [0.25, 0.3) is 0 Å². The van der Waals surface area contributed by atoms with Gasteiger partial charge in [0.1, 0.15) is 17.3 Å². The Bertz CT molecular complexity index is 1410. The number of rotatable bonds is 4. The second-order valence-electron chi connectivity index (χ2n) is 9.74. The molecule has 2 saturated heterocycles. The Morgan fingerprint density at radius 3 is 2.49 bits per heavy atom. The standard InChI is InChI=1S/C28H24Cl3N3O3/c29-16-3-1-2-15(10-16)22-13-25(35)34-26(28(22)21-6-4-18(31)12-23(21)33-27(28)36)20-11-17(30)5-7-24(20)37-19-8-9-32-14-19/h1-7,10-12,19,22,26,32H,8-9,13-14H2,(H,33,36)(H,34,35)/t19?,22-,26+,28-/m0/s1. The van der Waals surface area contributed by atoms with Gasteiger partial charge in [0.25, 0.3) is 0 Å². The van der Waals surface area contributed by atoms with Gasteiger partial charge in [-0.3, -0.25) is 9.59 Å². The number of benzene rings is 3. The van der Waals surface area contributed by atoms with Gasteiger partial charge in [0.05, 0.1) is 6.04 Å². The lowest BCUT2D eigenvalue weighted by Crippen LogP contribution is -2.57. The minimum absolute atomic E-state index is 0.0256. The molecule has 3 aliphatic heterocycles. The summed E-state index contributed by atoms with van der Waals surface area (Å²) in [6.07, 6.45) is 0.940. The van der Waals surface area contributed by atoms with Crippen molar-refractivity contribution in [2.45, 2.75) is 36.3 Å². The Kier molecular flexibility index (Phi) is 6.32. The van der Waals surface area contributed by atoms with Gasteiger partial charge in [-0.05, 0) is 66.6 Å². The molecule has 37 heavy (non-hydrogen) atoms. The summed E-state index contributed by atoms with van der Waals surface area (Å²) in [6, 6.07) is 17.3. The fraction of sp³-hybridized carbons (Fsp3) is 0.286. The smallest absolute Gasteiger partial charge is 0.238 e. The molecular weight excluding hydrogens is 533 g/mol. The quantitative estimate of drug-likeness (QED) is 0.390. The van der Waals surface area contributed by atoms with E-state index >= 15 is 0 Å². The molecule has 2 fully saturated rings. The van der Waals surface area contributed by atoms with Gasteiger partial charge >= 0.3 is 0 Å². The summed E-state index contributed by atoms with van der Waals surface area (Å²) < 4.78 is 6.41. The molecule has 4 atom stereocenters. The van der Waals surface area contributed by atoms with E-state index in [1.54, 1.807) is 30.3 Å². The Hall–Kier alpha value is -2.77. The predicted molar refractivity (Wildman–Crippen MR) is 145 cm³/mol. The normalized spacial score (nSPS) is 26.6. The van der Waals surface area contributed by atoms with Crippen molar-refractivity contribution in [2.24, 2.45) is 0 Å². The van der Waals surface area contributed by atoms with Crippen LogP contribution in [0.5, 0.6) is 5.75 Å². The minimum Gasteiger partial charge on any atom is -0.489 e. The second kappa shape index (κ2) is 9.52. The molecule has 1 unspecified atom stereocenters. The van der Waals surface area contributed by atoms with Crippen LogP contribution in [0, 0.1) is 0 Å². The topological polar surface area (TPSA) is 79.5 Å². The van der Waals surface area contributed by atoms with Crippen LogP contribution in [0.3, 0.4) is 0 Å². The van der Waals surface area contributed by atoms with E-state index in [0.717, 1.165) is 30.6 Å². The average Bonchev–Trinajstić information content (AvgIpc) is 3.47. The van der Waals surface area contributed by atoms with E-state index in [9.17, 15) is 9.59 Å². The minimum atomic E-state index is -1.20. The number of ether oxygens (including phenoxy) is 1. The van der Waals surface area contributed by atoms with Crippen LogP contribution < -0.4 is 20.7 Å². The molecule has 3 N–H and O–H groups in total. The van der Waals surface area contributed by atoms with Crippen molar-refractivity contribution in [3.63, 3.8) is 0 Å². The summed E-state index contributed by atoms with van der Waals surface area (Å²) >= 11 is 19.2. The van der Waals surface area contributed by atoms with E-state index in [2.05, 4.69) is 16.0 Å². The van der Waals surface area contributed by atoms with Gasteiger partial charge in [0, 0.05) is 45.2 Å². The maximum atomic E-state index is 14.2. The van der Waals surface area contributed by atoms with E-state index in [4.69, 9.17) is 39.5 Å². The maximum Gasteiger partial charge on any atom is 0.238 e. The number of nitrogens with one attached hydrogen (secondary N) is 3. The van der Waals surface area contributed by atoms with Gasteiger partial charge in [-0.1, -0.05) is 53.0 Å². The van der Waals surface area contributed by atoms with E-state index < -0.39 is 17.4 Å². The highest BCUT2D eigenvalue weighted by Crippen LogP contribution is 2.58. The molecule has 3 aromatic carbocycles. The summed E-state index contributed by atoms with van der Waals surface area (Å²) in [5.41, 5.74) is 1.63. The summed E-state index contributed by atoms with van der Waals surface area (Å²) in [6.45, 7) is 1.59. The average molecular weight is 557 g/mol. The van der Waals surface area contributed by atoms with Crippen LogP contribution in [-0.2, 0) is 15.0 Å². The highest BCUT2D eigenvalue weighted by molar-refractivity contribution is 6.31. The van der Waals surface area contributed by atoms with Gasteiger partial charge in [-0.25, -0.2) is 0 Å². The molecule has 9 heteroatoms. The molecular formula is C28H24Cl3N3O3.